The third-order valence-corrected chi connectivity index (χ3v) is 1.60. The molecule has 70 valence electrons. The van der Waals surface area contributed by atoms with E-state index < -0.39 is 0 Å². The molecule has 1 aromatic heterocycles. The van der Waals surface area contributed by atoms with E-state index in [9.17, 15) is 0 Å². The van der Waals surface area contributed by atoms with Gasteiger partial charge in [0.2, 0.25) is 0 Å². The molecule has 2 heteroatoms. The molecular formula is C11H15NO. The highest BCUT2D eigenvalue weighted by Crippen LogP contribution is 2.05. The Morgan fingerprint density at radius 2 is 2.38 bits per heavy atom. The highest BCUT2D eigenvalue weighted by molar-refractivity contribution is 5.15. The van der Waals surface area contributed by atoms with Crippen LogP contribution in [0.15, 0.2) is 36.7 Å². The molecule has 0 fully saturated rings. The SMILES string of the molecule is CCCC=CCOc1cccnc1. The Kier molecular flexibility index (Phi) is 4.69. The van der Waals surface area contributed by atoms with Crippen molar-refractivity contribution in [3.63, 3.8) is 0 Å². The summed E-state index contributed by atoms with van der Waals surface area (Å²) in [6.07, 6.45) is 9.93. The van der Waals surface area contributed by atoms with E-state index in [1.54, 1.807) is 12.4 Å². The molecule has 0 bridgehead atoms. The van der Waals surface area contributed by atoms with E-state index in [0.717, 1.165) is 12.2 Å². The van der Waals surface area contributed by atoms with Crippen molar-refractivity contribution in [2.24, 2.45) is 0 Å². The smallest absolute Gasteiger partial charge is 0.138 e. The van der Waals surface area contributed by atoms with Crippen LogP contribution in [0.5, 0.6) is 5.75 Å². The minimum atomic E-state index is 0.631. The van der Waals surface area contributed by atoms with Crippen molar-refractivity contribution >= 4 is 0 Å². The molecule has 0 radical (unpaired) electrons. The number of pyridine rings is 1. The quantitative estimate of drug-likeness (QED) is 0.645. The first kappa shape index (κ1) is 9.78. The van der Waals surface area contributed by atoms with Crippen molar-refractivity contribution in [3.8, 4) is 5.75 Å². The normalized spacial score (nSPS) is 10.5. The predicted octanol–water partition coefficient (Wildman–Crippen LogP) is 2.82. The molecule has 0 aliphatic carbocycles. The largest absolute Gasteiger partial charge is 0.488 e. The highest BCUT2D eigenvalue weighted by atomic mass is 16.5. The molecule has 0 saturated heterocycles. The van der Waals surface area contributed by atoms with E-state index in [4.69, 9.17) is 4.74 Å². The van der Waals surface area contributed by atoms with E-state index in [1.165, 1.54) is 6.42 Å². The van der Waals surface area contributed by atoms with Gasteiger partial charge in [0, 0.05) is 6.20 Å². The van der Waals surface area contributed by atoms with Crippen molar-refractivity contribution in [2.45, 2.75) is 19.8 Å². The summed E-state index contributed by atoms with van der Waals surface area (Å²) in [6, 6.07) is 3.77. The van der Waals surface area contributed by atoms with Crippen LogP contribution in [0, 0.1) is 0 Å². The molecule has 2 nitrogen and oxygen atoms in total. The molecular weight excluding hydrogens is 162 g/mol. The molecule has 0 aliphatic rings. The van der Waals surface area contributed by atoms with E-state index in [0.29, 0.717) is 6.61 Å². The number of aromatic nitrogens is 1. The Hall–Kier alpha value is -1.31. The average molecular weight is 177 g/mol. The van der Waals surface area contributed by atoms with Crippen molar-refractivity contribution in [1.29, 1.82) is 0 Å². The van der Waals surface area contributed by atoms with Gasteiger partial charge in [0.1, 0.15) is 12.4 Å². The Morgan fingerprint density at radius 1 is 1.46 bits per heavy atom. The van der Waals surface area contributed by atoms with E-state index in [2.05, 4.69) is 18.0 Å². The first-order chi connectivity index (χ1) is 6.43. The van der Waals surface area contributed by atoms with E-state index in [-0.39, 0.29) is 0 Å². The second-order valence-corrected chi connectivity index (χ2v) is 2.76. The third-order valence-electron chi connectivity index (χ3n) is 1.60. The number of hydrogen-bond donors (Lipinski definition) is 0. The Labute approximate surface area is 79.3 Å². The zero-order chi connectivity index (χ0) is 9.36. The lowest BCUT2D eigenvalue weighted by molar-refractivity contribution is 0.361. The Bertz CT molecular complexity index is 244. The lowest BCUT2D eigenvalue weighted by atomic mass is 10.3. The van der Waals surface area contributed by atoms with Gasteiger partial charge in [-0.1, -0.05) is 25.5 Å². The zero-order valence-corrected chi connectivity index (χ0v) is 7.94. The summed E-state index contributed by atoms with van der Waals surface area (Å²) in [5, 5.41) is 0. The number of hydrogen-bond acceptors (Lipinski definition) is 2. The summed E-state index contributed by atoms with van der Waals surface area (Å²) in [6.45, 7) is 2.79. The van der Waals surface area contributed by atoms with Crippen LogP contribution in [0.3, 0.4) is 0 Å². The van der Waals surface area contributed by atoms with Crippen molar-refractivity contribution < 1.29 is 4.74 Å². The lowest BCUT2D eigenvalue weighted by Gasteiger charge is -2.00. The number of rotatable bonds is 5. The summed E-state index contributed by atoms with van der Waals surface area (Å²) in [5.74, 6) is 0.823. The molecule has 0 saturated carbocycles. The van der Waals surface area contributed by atoms with Crippen LogP contribution in [0.25, 0.3) is 0 Å². The van der Waals surface area contributed by atoms with Crippen LogP contribution in [0.1, 0.15) is 19.8 Å². The van der Waals surface area contributed by atoms with Crippen molar-refractivity contribution in [2.75, 3.05) is 6.61 Å². The first-order valence-electron chi connectivity index (χ1n) is 4.61. The first-order valence-corrected chi connectivity index (χ1v) is 4.61. The van der Waals surface area contributed by atoms with Crippen LogP contribution in [-0.2, 0) is 0 Å². The van der Waals surface area contributed by atoms with Gasteiger partial charge in [0.05, 0.1) is 6.20 Å². The minimum Gasteiger partial charge on any atom is -0.488 e. The zero-order valence-electron chi connectivity index (χ0n) is 7.94. The topological polar surface area (TPSA) is 22.1 Å². The standard InChI is InChI=1S/C11H15NO/c1-2-3-4-5-9-13-11-7-6-8-12-10-11/h4-8,10H,2-3,9H2,1H3. The van der Waals surface area contributed by atoms with Gasteiger partial charge in [-0.25, -0.2) is 0 Å². The molecule has 0 spiro atoms. The van der Waals surface area contributed by atoms with E-state index >= 15 is 0 Å². The molecule has 13 heavy (non-hydrogen) atoms. The van der Waals surface area contributed by atoms with E-state index in [1.807, 2.05) is 18.2 Å². The number of unbranched alkanes of at least 4 members (excludes halogenated alkanes) is 1. The summed E-state index contributed by atoms with van der Waals surface area (Å²) in [4.78, 5) is 3.95. The summed E-state index contributed by atoms with van der Waals surface area (Å²) in [7, 11) is 0. The maximum atomic E-state index is 5.40. The molecule has 0 aromatic carbocycles. The summed E-state index contributed by atoms with van der Waals surface area (Å²) in [5.41, 5.74) is 0. The van der Waals surface area contributed by atoms with Crippen LogP contribution in [0.4, 0.5) is 0 Å². The second kappa shape index (κ2) is 6.23. The maximum absolute atomic E-state index is 5.40. The van der Waals surface area contributed by atoms with Crippen LogP contribution in [-0.4, -0.2) is 11.6 Å². The molecule has 0 aliphatic heterocycles. The molecule has 1 aromatic rings. The van der Waals surface area contributed by atoms with Gasteiger partial charge >= 0.3 is 0 Å². The lowest BCUT2D eigenvalue weighted by Crippen LogP contribution is -1.92. The predicted molar refractivity (Wildman–Crippen MR) is 53.8 cm³/mol. The number of nitrogens with zero attached hydrogens (tertiary/aromatic N) is 1. The van der Waals surface area contributed by atoms with Crippen LogP contribution >= 0.6 is 0 Å². The molecule has 1 heterocycles. The number of ether oxygens (including phenoxy) is 1. The van der Waals surface area contributed by atoms with Gasteiger partial charge in [-0.2, -0.15) is 0 Å². The van der Waals surface area contributed by atoms with Gasteiger partial charge in [-0.15, -0.1) is 0 Å². The molecule has 0 unspecified atom stereocenters. The molecule has 0 amide bonds. The maximum Gasteiger partial charge on any atom is 0.138 e. The Balaban J connectivity index is 2.20. The minimum absolute atomic E-state index is 0.631. The monoisotopic (exact) mass is 177 g/mol. The fourth-order valence-electron chi connectivity index (χ4n) is 0.929. The fraction of sp³-hybridized carbons (Fsp3) is 0.364. The third kappa shape index (κ3) is 4.31. The van der Waals surface area contributed by atoms with Gasteiger partial charge in [-0.05, 0) is 18.6 Å². The molecule has 0 N–H and O–H groups in total. The highest BCUT2D eigenvalue weighted by Gasteiger charge is 1.87. The summed E-state index contributed by atoms with van der Waals surface area (Å²) < 4.78 is 5.40. The summed E-state index contributed by atoms with van der Waals surface area (Å²) >= 11 is 0. The van der Waals surface area contributed by atoms with Crippen molar-refractivity contribution in [1.82, 2.24) is 4.98 Å². The van der Waals surface area contributed by atoms with Gasteiger partial charge in [0.25, 0.3) is 0 Å². The van der Waals surface area contributed by atoms with Crippen LogP contribution in [0.2, 0.25) is 0 Å². The molecule has 0 atom stereocenters. The van der Waals surface area contributed by atoms with Crippen molar-refractivity contribution in [3.05, 3.63) is 36.7 Å². The van der Waals surface area contributed by atoms with Gasteiger partial charge in [-0.3, -0.25) is 4.98 Å². The average Bonchev–Trinajstić information content (AvgIpc) is 2.19. The number of allylic oxidation sites excluding steroid dienone is 1. The Morgan fingerprint density at radius 3 is 3.08 bits per heavy atom. The van der Waals surface area contributed by atoms with Gasteiger partial charge in [0.15, 0.2) is 0 Å². The second-order valence-electron chi connectivity index (χ2n) is 2.76. The molecule has 1 rings (SSSR count). The fourth-order valence-corrected chi connectivity index (χ4v) is 0.929. The van der Waals surface area contributed by atoms with Crippen LogP contribution < -0.4 is 4.74 Å². The van der Waals surface area contributed by atoms with Gasteiger partial charge < -0.3 is 4.74 Å².